The predicted octanol–water partition coefficient (Wildman–Crippen LogP) is 3.50. The average molecular weight is 444 g/mol. The van der Waals surface area contributed by atoms with Gasteiger partial charge in [-0.25, -0.2) is 4.98 Å². The zero-order valence-electron chi connectivity index (χ0n) is 16.5. The summed E-state index contributed by atoms with van der Waals surface area (Å²) in [6, 6.07) is 2.46. The summed E-state index contributed by atoms with van der Waals surface area (Å²) < 4.78 is 41.5. The summed E-state index contributed by atoms with van der Waals surface area (Å²) in [5.41, 5.74) is 6.43. The summed E-state index contributed by atoms with van der Waals surface area (Å²) in [6.45, 7) is 4.40. The maximum absolute atomic E-state index is 12.8. The van der Waals surface area contributed by atoms with Gasteiger partial charge in [-0.1, -0.05) is 25.2 Å². The topological polar surface area (TPSA) is 97.6 Å². The van der Waals surface area contributed by atoms with Gasteiger partial charge in [-0.3, -0.25) is 9.59 Å². The van der Waals surface area contributed by atoms with Crippen molar-refractivity contribution >= 4 is 38.5 Å². The molecule has 7 nitrogen and oxygen atoms in total. The summed E-state index contributed by atoms with van der Waals surface area (Å²) in [5.74, 6) is -0.737. The number of nitrogens with two attached hydrogens (primary N) is 1. The Hall–Kier alpha value is -2.40. The standard InChI is InChI=1S/C19H23F3N4O3S/c1-10(2)8-12(23)17(28)26-7-3-4-14(26)16(27)25-18-24-13-6-5-11(9-15(13)30-18)29-19(20,21)22/h5-6,9-10,12,14H,3-4,7-8,23H2,1-2H3,(H,24,25,27)/t12-,14-/m0/s1. The van der Waals surface area contributed by atoms with Crippen molar-refractivity contribution in [3.8, 4) is 5.75 Å². The van der Waals surface area contributed by atoms with Gasteiger partial charge in [0.1, 0.15) is 11.8 Å². The SMILES string of the molecule is CC(C)C[C@H](N)C(=O)N1CCC[C@H]1C(=O)Nc1nc2ccc(OC(F)(F)F)cc2s1. The molecule has 1 saturated heterocycles. The highest BCUT2D eigenvalue weighted by molar-refractivity contribution is 7.22. The van der Waals surface area contributed by atoms with E-state index in [-0.39, 0.29) is 28.6 Å². The zero-order chi connectivity index (χ0) is 22.1. The first kappa shape index (κ1) is 22.3. The number of alkyl halides is 3. The summed E-state index contributed by atoms with van der Waals surface area (Å²) in [7, 11) is 0. The van der Waals surface area contributed by atoms with E-state index >= 15 is 0 Å². The van der Waals surface area contributed by atoms with Gasteiger partial charge in [0.15, 0.2) is 5.13 Å². The molecule has 3 N–H and O–H groups in total. The number of halogens is 3. The summed E-state index contributed by atoms with van der Waals surface area (Å²) in [4.78, 5) is 31.1. The lowest BCUT2D eigenvalue weighted by Crippen LogP contribution is -2.50. The molecule has 2 aromatic rings. The average Bonchev–Trinajstić information content (AvgIpc) is 3.25. The number of likely N-dealkylation sites (tertiary alicyclic amines) is 1. The Morgan fingerprint density at radius 2 is 2.13 bits per heavy atom. The summed E-state index contributed by atoms with van der Waals surface area (Å²) in [6.07, 6.45) is -3.05. The van der Waals surface area contributed by atoms with Crippen molar-refractivity contribution < 1.29 is 27.5 Å². The molecule has 0 bridgehead atoms. The Morgan fingerprint density at radius 3 is 2.80 bits per heavy atom. The zero-order valence-corrected chi connectivity index (χ0v) is 17.3. The van der Waals surface area contributed by atoms with Gasteiger partial charge < -0.3 is 20.7 Å². The van der Waals surface area contributed by atoms with Gasteiger partial charge in [0.25, 0.3) is 0 Å². The molecule has 0 aliphatic carbocycles. The minimum atomic E-state index is -4.79. The van der Waals surface area contributed by atoms with Crippen LogP contribution in [0, 0.1) is 5.92 Å². The third-order valence-electron chi connectivity index (χ3n) is 4.70. The van der Waals surface area contributed by atoms with Crippen LogP contribution in [0.25, 0.3) is 10.2 Å². The van der Waals surface area contributed by atoms with Crippen molar-refractivity contribution in [3.63, 3.8) is 0 Å². The van der Waals surface area contributed by atoms with Crippen molar-refractivity contribution in [2.45, 2.75) is 51.6 Å². The first-order valence-electron chi connectivity index (χ1n) is 9.57. The monoisotopic (exact) mass is 444 g/mol. The molecule has 0 radical (unpaired) electrons. The molecule has 2 amide bonds. The second-order valence-corrected chi connectivity index (χ2v) is 8.64. The lowest BCUT2D eigenvalue weighted by Gasteiger charge is -2.27. The largest absolute Gasteiger partial charge is 0.573 e. The van der Waals surface area contributed by atoms with Gasteiger partial charge in [0.2, 0.25) is 11.8 Å². The molecule has 1 fully saturated rings. The number of carbonyl (C=O) groups excluding carboxylic acids is 2. The van der Waals surface area contributed by atoms with E-state index in [4.69, 9.17) is 5.73 Å². The number of amides is 2. The van der Waals surface area contributed by atoms with Crippen LogP contribution in [0.4, 0.5) is 18.3 Å². The van der Waals surface area contributed by atoms with Crippen LogP contribution in [-0.2, 0) is 9.59 Å². The molecule has 2 heterocycles. The van der Waals surface area contributed by atoms with E-state index in [0.717, 1.165) is 17.4 Å². The molecular formula is C19H23F3N4O3S. The Morgan fingerprint density at radius 1 is 1.40 bits per heavy atom. The van der Waals surface area contributed by atoms with Crippen molar-refractivity contribution in [2.24, 2.45) is 11.7 Å². The number of hydrogen-bond acceptors (Lipinski definition) is 6. The van der Waals surface area contributed by atoms with Gasteiger partial charge in [0.05, 0.1) is 16.3 Å². The maximum Gasteiger partial charge on any atom is 0.573 e. The lowest BCUT2D eigenvalue weighted by molar-refractivity contribution is -0.274. The van der Waals surface area contributed by atoms with Crippen LogP contribution < -0.4 is 15.8 Å². The van der Waals surface area contributed by atoms with E-state index in [1.165, 1.54) is 17.0 Å². The number of hydrogen-bond donors (Lipinski definition) is 2. The van der Waals surface area contributed by atoms with E-state index in [1.54, 1.807) is 0 Å². The number of fused-ring (bicyclic) bond motifs is 1. The van der Waals surface area contributed by atoms with Crippen molar-refractivity contribution in [3.05, 3.63) is 18.2 Å². The van der Waals surface area contributed by atoms with E-state index in [0.29, 0.717) is 36.0 Å². The molecule has 0 saturated carbocycles. The minimum Gasteiger partial charge on any atom is -0.406 e. The van der Waals surface area contributed by atoms with Crippen molar-refractivity contribution in [1.82, 2.24) is 9.88 Å². The molecule has 1 aliphatic rings. The number of carbonyl (C=O) groups is 2. The first-order valence-corrected chi connectivity index (χ1v) is 10.4. The van der Waals surface area contributed by atoms with Gasteiger partial charge in [-0.05, 0) is 37.3 Å². The van der Waals surface area contributed by atoms with E-state index in [1.807, 2.05) is 13.8 Å². The highest BCUT2D eigenvalue weighted by Gasteiger charge is 2.36. The molecule has 1 aromatic carbocycles. The van der Waals surface area contributed by atoms with Crippen LogP contribution >= 0.6 is 11.3 Å². The molecule has 164 valence electrons. The molecule has 11 heteroatoms. The molecule has 1 aromatic heterocycles. The van der Waals surface area contributed by atoms with Crippen LogP contribution in [0.3, 0.4) is 0 Å². The molecule has 3 rings (SSSR count). The Kier molecular flexibility index (Phi) is 6.51. The van der Waals surface area contributed by atoms with Gasteiger partial charge in [-0.2, -0.15) is 0 Å². The third-order valence-corrected chi connectivity index (χ3v) is 5.64. The van der Waals surface area contributed by atoms with E-state index in [9.17, 15) is 22.8 Å². The number of nitrogens with one attached hydrogen (secondary N) is 1. The summed E-state index contributed by atoms with van der Waals surface area (Å²) >= 11 is 1.03. The number of aromatic nitrogens is 1. The van der Waals surface area contributed by atoms with Crippen LogP contribution in [-0.4, -0.2) is 46.7 Å². The number of thiazole rings is 1. The summed E-state index contributed by atoms with van der Waals surface area (Å²) in [5, 5.41) is 2.92. The molecule has 0 unspecified atom stereocenters. The van der Waals surface area contributed by atoms with Crippen LogP contribution in [0.1, 0.15) is 33.1 Å². The molecule has 2 atom stereocenters. The Bertz CT molecular complexity index is 931. The second kappa shape index (κ2) is 8.76. The quantitative estimate of drug-likeness (QED) is 0.711. The van der Waals surface area contributed by atoms with Crippen LogP contribution in [0.5, 0.6) is 5.75 Å². The maximum atomic E-state index is 12.8. The van der Waals surface area contributed by atoms with Crippen molar-refractivity contribution in [2.75, 3.05) is 11.9 Å². The fourth-order valence-electron chi connectivity index (χ4n) is 3.47. The van der Waals surface area contributed by atoms with E-state index < -0.39 is 18.4 Å². The van der Waals surface area contributed by atoms with Gasteiger partial charge in [0, 0.05) is 12.6 Å². The number of anilines is 1. The molecule has 1 aliphatic heterocycles. The normalized spacial score (nSPS) is 18.1. The number of benzene rings is 1. The number of rotatable bonds is 6. The lowest BCUT2D eigenvalue weighted by atomic mass is 10.0. The molecule has 0 spiro atoms. The highest BCUT2D eigenvalue weighted by atomic mass is 32.1. The van der Waals surface area contributed by atoms with E-state index in [2.05, 4.69) is 15.0 Å². The first-order chi connectivity index (χ1) is 14.0. The van der Waals surface area contributed by atoms with Gasteiger partial charge in [-0.15, -0.1) is 13.2 Å². The molecular weight excluding hydrogens is 421 g/mol. The Balaban J connectivity index is 1.70. The highest BCUT2D eigenvalue weighted by Crippen LogP contribution is 2.32. The van der Waals surface area contributed by atoms with Crippen LogP contribution in [0.15, 0.2) is 18.2 Å². The van der Waals surface area contributed by atoms with Crippen LogP contribution in [0.2, 0.25) is 0 Å². The molecule has 30 heavy (non-hydrogen) atoms. The Labute approximate surface area is 175 Å². The fourth-order valence-corrected chi connectivity index (χ4v) is 4.37. The minimum absolute atomic E-state index is 0.241. The van der Waals surface area contributed by atoms with Gasteiger partial charge >= 0.3 is 6.36 Å². The number of ether oxygens (including phenoxy) is 1. The number of nitrogens with zero attached hydrogens (tertiary/aromatic N) is 2. The second-order valence-electron chi connectivity index (χ2n) is 7.61. The van der Waals surface area contributed by atoms with Crippen molar-refractivity contribution in [1.29, 1.82) is 0 Å². The smallest absolute Gasteiger partial charge is 0.406 e. The third kappa shape index (κ3) is 5.39. The fraction of sp³-hybridized carbons (Fsp3) is 0.526. The predicted molar refractivity (Wildman–Crippen MR) is 107 cm³/mol.